The van der Waals surface area contributed by atoms with Gasteiger partial charge in [0.25, 0.3) is 0 Å². The predicted octanol–water partition coefficient (Wildman–Crippen LogP) is 1.41. The molecule has 0 radical (unpaired) electrons. The van der Waals surface area contributed by atoms with Gasteiger partial charge in [0.2, 0.25) is 0 Å². The standard InChI is InChI=1S/C15H17N5O/c16-15(21)12-5-17-20(7-12)9-13-8-19-6-11(10-1-2-10)3-4-14(19)18-13/h3-8,10,15,21H,1-2,9,16H2. The number of hydrogen-bond donors (Lipinski definition) is 2. The van der Waals surface area contributed by atoms with Crippen LogP contribution >= 0.6 is 0 Å². The maximum atomic E-state index is 9.31. The van der Waals surface area contributed by atoms with Crippen LogP contribution in [-0.4, -0.2) is 24.3 Å². The number of aliphatic hydroxyl groups excluding tert-OH is 1. The Morgan fingerprint density at radius 3 is 2.86 bits per heavy atom. The molecule has 3 aromatic heterocycles. The van der Waals surface area contributed by atoms with Crippen molar-refractivity contribution in [1.29, 1.82) is 0 Å². The van der Waals surface area contributed by atoms with E-state index >= 15 is 0 Å². The minimum absolute atomic E-state index is 0.563. The van der Waals surface area contributed by atoms with Gasteiger partial charge in [-0.25, -0.2) is 4.98 Å². The summed E-state index contributed by atoms with van der Waals surface area (Å²) >= 11 is 0. The molecule has 21 heavy (non-hydrogen) atoms. The van der Waals surface area contributed by atoms with Gasteiger partial charge in [-0.2, -0.15) is 5.10 Å². The summed E-state index contributed by atoms with van der Waals surface area (Å²) in [7, 11) is 0. The summed E-state index contributed by atoms with van der Waals surface area (Å²) in [5.74, 6) is 0.736. The minimum Gasteiger partial charge on any atom is -0.374 e. The highest BCUT2D eigenvalue weighted by Gasteiger charge is 2.23. The lowest BCUT2D eigenvalue weighted by molar-refractivity contribution is 0.186. The number of nitrogens with zero attached hydrogens (tertiary/aromatic N) is 4. The van der Waals surface area contributed by atoms with Crippen molar-refractivity contribution < 1.29 is 5.11 Å². The van der Waals surface area contributed by atoms with Crippen molar-refractivity contribution in [2.24, 2.45) is 5.73 Å². The Morgan fingerprint density at radius 2 is 2.14 bits per heavy atom. The third-order valence-corrected chi connectivity index (χ3v) is 3.89. The monoisotopic (exact) mass is 283 g/mol. The SMILES string of the molecule is NC(O)c1cnn(Cc2cn3cc(C4CC4)ccc3n2)c1. The topological polar surface area (TPSA) is 81.4 Å². The van der Waals surface area contributed by atoms with Crippen LogP contribution in [-0.2, 0) is 6.54 Å². The maximum Gasteiger partial charge on any atom is 0.137 e. The number of fused-ring (bicyclic) bond motifs is 1. The second kappa shape index (κ2) is 4.68. The molecule has 6 heteroatoms. The van der Waals surface area contributed by atoms with Gasteiger partial charge in [-0.15, -0.1) is 0 Å². The van der Waals surface area contributed by atoms with Crippen LogP contribution < -0.4 is 5.73 Å². The number of hydrogen-bond acceptors (Lipinski definition) is 4. The smallest absolute Gasteiger partial charge is 0.137 e. The van der Waals surface area contributed by atoms with E-state index in [4.69, 9.17) is 5.73 Å². The highest BCUT2D eigenvalue weighted by atomic mass is 16.3. The zero-order chi connectivity index (χ0) is 14.4. The Balaban J connectivity index is 1.60. The van der Waals surface area contributed by atoms with E-state index in [0.717, 1.165) is 17.3 Å². The quantitative estimate of drug-likeness (QED) is 0.709. The van der Waals surface area contributed by atoms with Crippen molar-refractivity contribution in [3.05, 3.63) is 53.7 Å². The number of rotatable bonds is 4. The molecule has 1 saturated carbocycles. The molecule has 3 aromatic rings. The Bertz CT molecular complexity index is 784. The molecule has 6 nitrogen and oxygen atoms in total. The Labute approximate surface area is 121 Å². The van der Waals surface area contributed by atoms with Crippen LogP contribution in [0.3, 0.4) is 0 Å². The molecule has 0 spiro atoms. The van der Waals surface area contributed by atoms with Crippen LogP contribution in [0.1, 0.15) is 41.8 Å². The molecule has 0 aromatic carbocycles. The van der Waals surface area contributed by atoms with E-state index < -0.39 is 6.23 Å². The van der Waals surface area contributed by atoms with Gasteiger partial charge in [0.05, 0.1) is 18.4 Å². The van der Waals surface area contributed by atoms with Crippen LogP contribution in [0.5, 0.6) is 0 Å². The summed E-state index contributed by atoms with van der Waals surface area (Å²) in [6.45, 7) is 0.563. The van der Waals surface area contributed by atoms with Gasteiger partial charge >= 0.3 is 0 Å². The van der Waals surface area contributed by atoms with Crippen LogP contribution in [0, 0.1) is 0 Å². The minimum atomic E-state index is -0.985. The Morgan fingerprint density at radius 1 is 1.29 bits per heavy atom. The second-order valence-corrected chi connectivity index (χ2v) is 5.65. The van der Waals surface area contributed by atoms with Crippen molar-refractivity contribution in [3.63, 3.8) is 0 Å². The number of aromatic nitrogens is 4. The van der Waals surface area contributed by atoms with E-state index in [2.05, 4.69) is 32.8 Å². The van der Waals surface area contributed by atoms with Gasteiger partial charge in [0.1, 0.15) is 11.9 Å². The lowest BCUT2D eigenvalue weighted by atomic mass is 10.2. The van der Waals surface area contributed by atoms with E-state index in [1.54, 1.807) is 17.1 Å². The van der Waals surface area contributed by atoms with Gasteiger partial charge in [-0.3, -0.25) is 4.68 Å². The van der Waals surface area contributed by atoms with E-state index in [-0.39, 0.29) is 0 Å². The Kier molecular flexibility index (Phi) is 2.80. The Hall–Kier alpha value is -2.18. The molecule has 1 unspecified atom stereocenters. The molecular weight excluding hydrogens is 266 g/mol. The summed E-state index contributed by atoms with van der Waals surface area (Å²) in [5.41, 5.74) is 9.29. The largest absolute Gasteiger partial charge is 0.374 e. The van der Waals surface area contributed by atoms with Crippen LogP contribution in [0.2, 0.25) is 0 Å². The molecule has 1 atom stereocenters. The van der Waals surface area contributed by atoms with Crippen LogP contribution in [0.15, 0.2) is 36.9 Å². The average molecular weight is 283 g/mol. The molecule has 108 valence electrons. The zero-order valence-electron chi connectivity index (χ0n) is 11.6. The second-order valence-electron chi connectivity index (χ2n) is 5.65. The van der Waals surface area contributed by atoms with Gasteiger partial charge in [-0.1, -0.05) is 6.07 Å². The molecular formula is C15H17N5O. The van der Waals surface area contributed by atoms with E-state index in [9.17, 15) is 5.11 Å². The fraction of sp³-hybridized carbons (Fsp3) is 0.333. The highest BCUT2D eigenvalue weighted by Crippen LogP contribution is 2.39. The molecule has 4 rings (SSSR count). The van der Waals surface area contributed by atoms with Crippen molar-refractivity contribution in [2.45, 2.75) is 31.5 Å². The molecule has 3 heterocycles. The molecule has 1 fully saturated rings. The predicted molar refractivity (Wildman–Crippen MR) is 77.6 cm³/mol. The first-order chi connectivity index (χ1) is 10.2. The molecule has 0 amide bonds. The van der Waals surface area contributed by atoms with Crippen molar-refractivity contribution in [1.82, 2.24) is 19.2 Å². The van der Waals surface area contributed by atoms with Crippen molar-refractivity contribution in [3.8, 4) is 0 Å². The summed E-state index contributed by atoms with van der Waals surface area (Å²) in [5, 5.41) is 13.5. The van der Waals surface area contributed by atoms with E-state index in [1.165, 1.54) is 18.4 Å². The molecule has 0 saturated heterocycles. The molecule has 1 aliphatic rings. The van der Waals surface area contributed by atoms with Crippen molar-refractivity contribution >= 4 is 5.65 Å². The zero-order valence-corrected chi connectivity index (χ0v) is 11.6. The fourth-order valence-corrected chi connectivity index (χ4v) is 2.58. The van der Waals surface area contributed by atoms with E-state index in [0.29, 0.717) is 12.1 Å². The number of nitrogens with two attached hydrogens (primary N) is 1. The first-order valence-corrected chi connectivity index (χ1v) is 7.12. The number of pyridine rings is 1. The lowest BCUT2D eigenvalue weighted by Crippen LogP contribution is -2.07. The summed E-state index contributed by atoms with van der Waals surface area (Å²) in [6, 6.07) is 4.23. The lowest BCUT2D eigenvalue weighted by Gasteiger charge is -1.98. The third-order valence-electron chi connectivity index (χ3n) is 3.89. The molecule has 1 aliphatic carbocycles. The molecule has 0 aliphatic heterocycles. The van der Waals surface area contributed by atoms with Gasteiger partial charge in [0.15, 0.2) is 0 Å². The molecule has 3 N–H and O–H groups in total. The first kappa shape index (κ1) is 12.6. The molecule has 0 bridgehead atoms. The third kappa shape index (κ3) is 2.43. The maximum absolute atomic E-state index is 9.31. The first-order valence-electron chi connectivity index (χ1n) is 7.12. The van der Waals surface area contributed by atoms with Crippen LogP contribution in [0.4, 0.5) is 0 Å². The fourth-order valence-electron chi connectivity index (χ4n) is 2.58. The summed E-state index contributed by atoms with van der Waals surface area (Å²) < 4.78 is 3.81. The highest BCUT2D eigenvalue weighted by molar-refractivity contribution is 5.42. The van der Waals surface area contributed by atoms with E-state index in [1.807, 2.05) is 6.20 Å². The van der Waals surface area contributed by atoms with Gasteiger partial charge < -0.3 is 15.2 Å². The van der Waals surface area contributed by atoms with Gasteiger partial charge in [0, 0.05) is 24.2 Å². The van der Waals surface area contributed by atoms with Crippen molar-refractivity contribution in [2.75, 3.05) is 0 Å². The number of imidazole rings is 1. The normalized spacial score (nSPS) is 16.5. The average Bonchev–Trinajstić information content (AvgIpc) is 3.07. The summed E-state index contributed by atoms with van der Waals surface area (Å²) in [4.78, 5) is 4.59. The van der Waals surface area contributed by atoms with Crippen LogP contribution in [0.25, 0.3) is 5.65 Å². The summed E-state index contributed by atoms with van der Waals surface area (Å²) in [6.07, 6.45) is 9.12. The van der Waals surface area contributed by atoms with Gasteiger partial charge in [-0.05, 0) is 30.4 Å². The number of aliphatic hydroxyl groups is 1.